The van der Waals surface area contributed by atoms with Gasteiger partial charge in [-0.15, -0.1) is 4.80 Å². The van der Waals surface area contributed by atoms with Crippen LogP contribution in [0.1, 0.15) is 37.1 Å². The molecule has 1 aliphatic carbocycles. The van der Waals surface area contributed by atoms with Gasteiger partial charge in [-0.1, -0.05) is 15.9 Å². The van der Waals surface area contributed by atoms with Gasteiger partial charge in [-0.2, -0.15) is 23.4 Å². The quantitative estimate of drug-likeness (QED) is 0.363. The summed E-state index contributed by atoms with van der Waals surface area (Å²) in [6, 6.07) is 2.30. The Morgan fingerprint density at radius 3 is 2.48 bits per heavy atom. The minimum Gasteiger partial charge on any atom is -0.347 e. The first-order valence-corrected chi connectivity index (χ1v) is 11.1. The number of alkyl halides is 3. The van der Waals surface area contributed by atoms with Crippen LogP contribution in [-0.2, 0) is 6.18 Å². The maximum Gasteiger partial charge on any atom is 0.418 e. The van der Waals surface area contributed by atoms with E-state index in [-0.39, 0.29) is 11.6 Å². The van der Waals surface area contributed by atoms with E-state index < -0.39 is 11.7 Å². The van der Waals surface area contributed by atoms with Crippen molar-refractivity contribution >= 4 is 32.7 Å². The fraction of sp³-hybridized carbons (Fsp3) is 0.333. The normalized spacial score (nSPS) is 15.1. The van der Waals surface area contributed by atoms with Crippen LogP contribution < -0.4 is 4.90 Å². The van der Waals surface area contributed by atoms with Crippen molar-refractivity contribution in [3.63, 3.8) is 0 Å². The molecule has 4 aromatic rings. The topological polar surface area (TPSA) is 85.5 Å². The Bertz CT molecular complexity index is 1290. The van der Waals surface area contributed by atoms with Gasteiger partial charge in [0.1, 0.15) is 17.8 Å². The minimum absolute atomic E-state index is 0.142. The number of nitrogens with zero attached hydrogens (tertiary/aromatic N) is 8. The molecule has 1 atom stereocenters. The van der Waals surface area contributed by atoms with Gasteiger partial charge in [-0.3, -0.25) is 4.98 Å². The highest BCUT2D eigenvalue weighted by Crippen LogP contribution is 2.41. The van der Waals surface area contributed by atoms with Gasteiger partial charge in [0.15, 0.2) is 5.82 Å². The van der Waals surface area contributed by atoms with Gasteiger partial charge < -0.3 is 4.90 Å². The van der Waals surface area contributed by atoms with E-state index in [4.69, 9.17) is 0 Å². The lowest BCUT2D eigenvalue weighted by atomic mass is 10.1. The molecule has 12 heteroatoms. The average Bonchev–Trinajstić information content (AvgIpc) is 3.45. The molecule has 170 valence electrons. The summed E-state index contributed by atoms with van der Waals surface area (Å²) in [6.45, 7) is 2.54. The number of rotatable bonds is 6. The first kappa shape index (κ1) is 21.7. The molecule has 0 N–H and O–H groups in total. The molecular weight excluding hydrogens is 501 g/mol. The Balaban J connectivity index is 1.67. The highest BCUT2D eigenvalue weighted by atomic mass is 79.9. The van der Waals surface area contributed by atoms with Crippen molar-refractivity contribution in [2.75, 3.05) is 11.4 Å². The predicted molar refractivity (Wildman–Crippen MR) is 118 cm³/mol. The van der Waals surface area contributed by atoms with Crippen molar-refractivity contribution in [2.24, 2.45) is 5.92 Å². The Morgan fingerprint density at radius 1 is 1.06 bits per heavy atom. The van der Waals surface area contributed by atoms with Crippen LogP contribution in [0, 0.1) is 5.92 Å². The van der Waals surface area contributed by atoms with Crippen molar-refractivity contribution in [3.8, 4) is 5.82 Å². The van der Waals surface area contributed by atoms with E-state index in [1.165, 1.54) is 11.1 Å². The molecule has 3 heterocycles. The number of benzene rings is 1. The van der Waals surface area contributed by atoms with Crippen LogP contribution in [0.2, 0.25) is 0 Å². The maximum absolute atomic E-state index is 13.8. The molecule has 3 aromatic heterocycles. The largest absolute Gasteiger partial charge is 0.418 e. The lowest BCUT2D eigenvalue weighted by Gasteiger charge is -2.31. The van der Waals surface area contributed by atoms with E-state index in [2.05, 4.69) is 46.1 Å². The van der Waals surface area contributed by atoms with E-state index in [9.17, 15) is 13.2 Å². The van der Waals surface area contributed by atoms with Crippen molar-refractivity contribution in [3.05, 3.63) is 59.0 Å². The molecule has 1 unspecified atom stereocenters. The number of anilines is 1. The smallest absolute Gasteiger partial charge is 0.347 e. The summed E-state index contributed by atoms with van der Waals surface area (Å²) in [5, 5.41) is 8.64. The average molecular weight is 519 g/mol. The SMILES string of the molecule is CC(c1nccnc1-n1nccn1)N(CC1CC1)c1ncnc2c(C(F)(F)F)cc(Br)cc12. The lowest BCUT2D eigenvalue weighted by Crippen LogP contribution is -2.32. The van der Waals surface area contributed by atoms with Crippen LogP contribution in [0.15, 0.2) is 47.7 Å². The molecule has 0 aliphatic heterocycles. The summed E-state index contributed by atoms with van der Waals surface area (Å²) in [5.74, 6) is 1.29. The Morgan fingerprint density at radius 2 is 1.79 bits per heavy atom. The predicted octanol–water partition coefficient (Wildman–Crippen LogP) is 4.76. The molecule has 1 fully saturated rings. The third kappa shape index (κ3) is 4.26. The zero-order valence-electron chi connectivity index (χ0n) is 17.4. The molecule has 0 saturated heterocycles. The monoisotopic (exact) mass is 518 g/mol. The zero-order valence-corrected chi connectivity index (χ0v) is 19.0. The van der Waals surface area contributed by atoms with Crippen LogP contribution in [-0.4, -0.2) is 41.5 Å². The highest BCUT2D eigenvalue weighted by Gasteiger charge is 2.36. The van der Waals surface area contributed by atoms with Gasteiger partial charge in [0.05, 0.1) is 29.5 Å². The number of hydrogen-bond acceptors (Lipinski definition) is 7. The number of hydrogen-bond donors (Lipinski definition) is 0. The second kappa shape index (κ2) is 8.32. The van der Waals surface area contributed by atoms with Gasteiger partial charge in [0.2, 0.25) is 0 Å². The Kier molecular flexibility index (Phi) is 5.47. The van der Waals surface area contributed by atoms with E-state index in [1.54, 1.807) is 30.9 Å². The summed E-state index contributed by atoms with van der Waals surface area (Å²) >= 11 is 3.23. The first-order chi connectivity index (χ1) is 15.8. The Hall–Kier alpha value is -3.15. The van der Waals surface area contributed by atoms with Gasteiger partial charge in [0.25, 0.3) is 0 Å². The number of aromatic nitrogens is 7. The van der Waals surface area contributed by atoms with Crippen LogP contribution in [0.3, 0.4) is 0 Å². The van der Waals surface area contributed by atoms with Gasteiger partial charge in [0, 0.05) is 28.8 Å². The summed E-state index contributed by atoms with van der Waals surface area (Å²) in [5.41, 5.74) is -0.362. The van der Waals surface area contributed by atoms with Gasteiger partial charge in [-0.05, 0) is 37.8 Å². The van der Waals surface area contributed by atoms with E-state index >= 15 is 0 Å². The first-order valence-electron chi connectivity index (χ1n) is 10.3. The van der Waals surface area contributed by atoms with E-state index in [1.807, 2.05) is 11.8 Å². The molecule has 1 aromatic carbocycles. The molecule has 0 spiro atoms. The second-order valence-electron chi connectivity index (χ2n) is 7.90. The van der Waals surface area contributed by atoms with Crippen molar-refractivity contribution in [2.45, 2.75) is 32.0 Å². The third-order valence-electron chi connectivity index (χ3n) is 5.59. The second-order valence-corrected chi connectivity index (χ2v) is 8.82. The fourth-order valence-corrected chi connectivity index (χ4v) is 4.29. The summed E-state index contributed by atoms with van der Waals surface area (Å²) < 4.78 is 41.6. The van der Waals surface area contributed by atoms with E-state index in [0.29, 0.717) is 39.7 Å². The van der Waals surface area contributed by atoms with Crippen LogP contribution >= 0.6 is 15.9 Å². The molecule has 0 amide bonds. The molecule has 1 aliphatic rings. The standard InChI is InChI=1S/C21H18BrF3N8/c1-12(17-20(27-5-4-26-17)33-30-6-7-31-33)32(10-13-2-3-13)19-15-8-14(22)9-16(21(23,24)25)18(15)28-11-29-19/h4-9,11-13H,2-3,10H2,1H3. The molecule has 0 bridgehead atoms. The van der Waals surface area contributed by atoms with Crippen molar-refractivity contribution in [1.29, 1.82) is 0 Å². The van der Waals surface area contributed by atoms with Crippen molar-refractivity contribution in [1.82, 2.24) is 34.9 Å². The summed E-state index contributed by atoms with van der Waals surface area (Å²) in [7, 11) is 0. The molecule has 1 saturated carbocycles. The number of halogens is 4. The van der Waals surface area contributed by atoms with Crippen LogP contribution in [0.4, 0.5) is 19.0 Å². The Labute approximate surface area is 195 Å². The molecule has 33 heavy (non-hydrogen) atoms. The minimum atomic E-state index is -4.55. The van der Waals surface area contributed by atoms with Crippen molar-refractivity contribution < 1.29 is 13.2 Å². The molecule has 8 nitrogen and oxygen atoms in total. The summed E-state index contributed by atoms with van der Waals surface area (Å²) in [6.07, 6.45) is 4.94. The number of fused-ring (bicyclic) bond motifs is 1. The molecule has 0 radical (unpaired) electrons. The van der Waals surface area contributed by atoms with Gasteiger partial charge in [-0.25, -0.2) is 15.0 Å². The maximum atomic E-state index is 13.8. The van der Waals surface area contributed by atoms with Gasteiger partial charge >= 0.3 is 6.18 Å². The summed E-state index contributed by atoms with van der Waals surface area (Å²) in [4.78, 5) is 20.7. The van der Waals surface area contributed by atoms with Crippen LogP contribution in [0.25, 0.3) is 16.7 Å². The third-order valence-corrected chi connectivity index (χ3v) is 6.05. The van der Waals surface area contributed by atoms with E-state index in [0.717, 1.165) is 18.9 Å². The molecule has 5 rings (SSSR count). The van der Waals surface area contributed by atoms with Crippen LogP contribution in [0.5, 0.6) is 0 Å². The fourth-order valence-electron chi connectivity index (χ4n) is 3.83. The lowest BCUT2D eigenvalue weighted by molar-refractivity contribution is -0.136. The highest BCUT2D eigenvalue weighted by molar-refractivity contribution is 9.10. The zero-order chi connectivity index (χ0) is 23.2. The molecular formula is C21H18BrF3N8.